The minimum atomic E-state index is -4.86. The normalized spacial score (nSPS) is 11.2. The molecule has 2 aromatic rings. The Balaban J connectivity index is 2.32. The summed E-state index contributed by atoms with van der Waals surface area (Å²) in [6.07, 6.45) is -4.06. The molecule has 2 rings (SSSR count). The summed E-state index contributed by atoms with van der Waals surface area (Å²) in [5.41, 5.74) is 5.17. The maximum absolute atomic E-state index is 13.4. The van der Waals surface area contributed by atoms with E-state index in [4.69, 9.17) is 5.73 Å². The van der Waals surface area contributed by atoms with Crippen LogP contribution in [0.2, 0.25) is 0 Å². The van der Waals surface area contributed by atoms with Gasteiger partial charge >= 0.3 is 6.36 Å². The molecule has 0 spiro atoms. The van der Waals surface area contributed by atoms with Gasteiger partial charge in [-0.3, -0.25) is 0 Å². The molecule has 1 aromatic carbocycles. The topological polar surface area (TPSA) is 73.1 Å². The van der Waals surface area contributed by atoms with Crippen LogP contribution >= 0.6 is 0 Å². The summed E-state index contributed by atoms with van der Waals surface area (Å²) in [4.78, 5) is 6.95. The fourth-order valence-corrected chi connectivity index (χ4v) is 1.38. The number of aromatic nitrogens is 2. The molecule has 5 nitrogen and oxygen atoms in total. The smallest absolute Gasteiger partial charge is 0.404 e. The molecule has 0 aliphatic rings. The number of nitrogens with zero attached hydrogens (tertiary/aromatic N) is 2. The Morgan fingerprint density at radius 1 is 1.20 bits per heavy atom. The summed E-state index contributed by atoms with van der Waals surface area (Å²) in [5, 5.41) is 2.37. The fourth-order valence-electron chi connectivity index (χ4n) is 1.38. The quantitative estimate of drug-likeness (QED) is 0.850. The van der Waals surface area contributed by atoms with Gasteiger partial charge in [0.25, 0.3) is 0 Å². The van der Waals surface area contributed by atoms with Crippen LogP contribution in [0.1, 0.15) is 0 Å². The number of anilines is 3. The van der Waals surface area contributed by atoms with E-state index >= 15 is 0 Å². The zero-order valence-corrected chi connectivity index (χ0v) is 9.78. The van der Waals surface area contributed by atoms with Crippen molar-refractivity contribution in [3.05, 3.63) is 36.3 Å². The number of para-hydroxylation sites is 2. The van der Waals surface area contributed by atoms with Crippen molar-refractivity contribution in [2.24, 2.45) is 0 Å². The van der Waals surface area contributed by atoms with Crippen molar-refractivity contribution in [1.29, 1.82) is 0 Å². The second-order valence-electron chi connectivity index (χ2n) is 3.59. The standard InChI is InChI=1S/C11H8F4N4O/c12-6-5-17-10(16)19-9(6)18-7-3-1-2-4-8(7)20-11(13,14)15/h1-5H,(H3,16,17,18,19). The van der Waals surface area contributed by atoms with E-state index in [1.807, 2.05) is 0 Å². The van der Waals surface area contributed by atoms with Crippen molar-refractivity contribution in [3.63, 3.8) is 0 Å². The van der Waals surface area contributed by atoms with Crippen LogP contribution in [-0.4, -0.2) is 16.3 Å². The third kappa shape index (κ3) is 3.46. The zero-order valence-electron chi connectivity index (χ0n) is 9.78. The first-order valence-electron chi connectivity index (χ1n) is 5.25. The van der Waals surface area contributed by atoms with E-state index in [1.54, 1.807) is 0 Å². The second-order valence-corrected chi connectivity index (χ2v) is 3.59. The van der Waals surface area contributed by atoms with Gasteiger partial charge in [-0.15, -0.1) is 13.2 Å². The van der Waals surface area contributed by atoms with Gasteiger partial charge in [0, 0.05) is 0 Å². The molecular weight excluding hydrogens is 280 g/mol. The van der Waals surface area contributed by atoms with Crippen LogP contribution in [0.5, 0.6) is 5.75 Å². The number of alkyl halides is 3. The van der Waals surface area contributed by atoms with Gasteiger partial charge in [0.2, 0.25) is 5.95 Å². The molecule has 0 saturated heterocycles. The Hall–Kier alpha value is -2.58. The van der Waals surface area contributed by atoms with E-state index < -0.39 is 17.9 Å². The highest BCUT2D eigenvalue weighted by Crippen LogP contribution is 2.32. The average molecular weight is 288 g/mol. The Morgan fingerprint density at radius 3 is 2.60 bits per heavy atom. The lowest BCUT2D eigenvalue weighted by Gasteiger charge is -2.14. The molecular formula is C11H8F4N4O. The van der Waals surface area contributed by atoms with Crippen molar-refractivity contribution in [2.45, 2.75) is 6.36 Å². The summed E-state index contributed by atoms with van der Waals surface area (Å²) in [5.74, 6) is -1.95. The van der Waals surface area contributed by atoms with Gasteiger partial charge in [-0.1, -0.05) is 12.1 Å². The SMILES string of the molecule is Nc1ncc(F)c(Nc2ccccc2OC(F)(F)F)n1. The molecule has 0 atom stereocenters. The third-order valence-corrected chi connectivity index (χ3v) is 2.13. The molecule has 0 amide bonds. The lowest BCUT2D eigenvalue weighted by molar-refractivity contribution is -0.274. The van der Waals surface area contributed by atoms with Gasteiger partial charge in [0.05, 0.1) is 11.9 Å². The maximum atomic E-state index is 13.4. The van der Waals surface area contributed by atoms with E-state index in [1.165, 1.54) is 18.2 Å². The van der Waals surface area contributed by atoms with Crippen LogP contribution in [0.15, 0.2) is 30.5 Å². The van der Waals surface area contributed by atoms with E-state index in [9.17, 15) is 17.6 Å². The van der Waals surface area contributed by atoms with Gasteiger partial charge < -0.3 is 15.8 Å². The summed E-state index contributed by atoms with van der Waals surface area (Å²) in [6, 6.07) is 5.15. The number of rotatable bonds is 3. The third-order valence-electron chi connectivity index (χ3n) is 2.13. The first kappa shape index (κ1) is 13.8. The number of halogens is 4. The zero-order chi connectivity index (χ0) is 14.8. The van der Waals surface area contributed by atoms with Crippen LogP contribution in [0, 0.1) is 5.82 Å². The van der Waals surface area contributed by atoms with Gasteiger partial charge in [0.1, 0.15) is 0 Å². The minimum absolute atomic E-state index is 0.109. The second kappa shape index (κ2) is 5.19. The van der Waals surface area contributed by atoms with Gasteiger partial charge in [-0.25, -0.2) is 9.37 Å². The Bertz CT molecular complexity index is 618. The Morgan fingerprint density at radius 2 is 1.90 bits per heavy atom. The summed E-state index contributed by atoms with van der Waals surface area (Å²) in [7, 11) is 0. The summed E-state index contributed by atoms with van der Waals surface area (Å²) in [6.45, 7) is 0. The molecule has 0 saturated carbocycles. The van der Waals surface area contributed by atoms with Gasteiger partial charge in [-0.05, 0) is 12.1 Å². The minimum Gasteiger partial charge on any atom is -0.404 e. The molecule has 1 aromatic heterocycles. The number of ether oxygens (including phenoxy) is 1. The molecule has 0 fully saturated rings. The summed E-state index contributed by atoms with van der Waals surface area (Å²) < 4.78 is 53.9. The monoisotopic (exact) mass is 288 g/mol. The van der Waals surface area contributed by atoms with E-state index in [2.05, 4.69) is 20.0 Å². The van der Waals surface area contributed by atoms with Crippen LogP contribution in [0.4, 0.5) is 35.0 Å². The maximum Gasteiger partial charge on any atom is 0.573 e. The van der Waals surface area contributed by atoms with Crippen molar-refractivity contribution < 1.29 is 22.3 Å². The van der Waals surface area contributed by atoms with Crippen molar-refractivity contribution in [1.82, 2.24) is 9.97 Å². The lowest BCUT2D eigenvalue weighted by atomic mass is 10.3. The van der Waals surface area contributed by atoms with Crippen LogP contribution in [0.25, 0.3) is 0 Å². The molecule has 0 unspecified atom stereocenters. The van der Waals surface area contributed by atoms with E-state index in [-0.39, 0.29) is 17.5 Å². The lowest BCUT2D eigenvalue weighted by Crippen LogP contribution is -2.18. The summed E-state index contributed by atoms with van der Waals surface area (Å²) >= 11 is 0. The molecule has 0 aliphatic carbocycles. The largest absolute Gasteiger partial charge is 0.573 e. The number of nitrogen functional groups attached to an aromatic ring is 1. The van der Waals surface area contributed by atoms with E-state index in [0.717, 1.165) is 12.3 Å². The number of benzene rings is 1. The molecule has 0 radical (unpaired) electrons. The first-order valence-corrected chi connectivity index (χ1v) is 5.25. The van der Waals surface area contributed by atoms with Gasteiger partial charge in [0.15, 0.2) is 17.4 Å². The molecule has 9 heteroatoms. The van der Waals surface area contributed by atoms with Crippen LogP contribution in [0.3, 0.4) is 0 Å². The predicted molar refractivity (Wildman–Crippen MR) is 62.8 cm³/mol. The average Bonchev–Trinajstić information content (AvgIpc) is 2.34. The van der Waals surface area contributed by atoms with Crippen LogP contribution < -0.4 is 15.8 Å². The molecule has 0 aliphatic heterocycles. The molecule has 0 bridgehead atoms. The van der Waals surface area contributed by atoms with Crippen molar-refractivity contribution in [2.75, 3.05) is 11.1 Å². The van der Waals surface area contributed by atoms with E-state index in [0.29, 0.717) is 0 Å². The number of hydrogen-bond acceptors (Lipinski definition) is 5. The Kier molecular flexibility index (Phi) is 3.59. The number of hydrogen-bond donors (Lipinski definition) is 2. The van der Waals surface area contributed by atoms with Crippen molar-refractivity contribution >= 4 is 17.5 Å². The Labute approximate surface area is 110 Å². The highest BCUT2D eigenvalue weighted by atomic mass is 19.4. The first-order chi connectivity index (χ1) is 9.35. The van der Waals surface area contributed by atoms with Gasteiger partial charge in [-0.2, -0.15) is 4.98 Å². The number of nitrogens with two attached hydrogens (primary N) is 1. The molecule has 1 heterocycles. The number of nitrogens with one attached hydrogen (secondary N) is 1. The van der Waals surface area contributed by atoms with Crippen LogP contribution in [-0.2, 0) is 0 Å². The highest BCUT2D eigenvalue weighted by Gasteiger charge is 2.32. The molecule has 3 N–H and O–H groups in total. The fraction of sp³-hybridized carbons (Fsp3) is 0.0909. The predicted octanol–water partition coefficient (Wildman–Crippen LogP) is 2.84. The highest BCUT2D eigenvalue weighted by molar-refractivity contribution is 5.64. The molecule has 20 heavy (non-hydrogen) atoms. The van der Waals surface area contributed by atoms with Crippen molar-refractivity contribution in [3.8, 4) is 5.75 Å². The molecule has 106 valence electrons.